The van der Waals surface area contributed by atoms with Gasteiger partial charge in [-0.2, -0.15) is 0 Å². The third-order valence-corrected chi connectivity index (χ3v) is 8.97. The van der Waals surface area contributed by atoms with Crippen molar-refractivity contribution in [2.75, 3.05) is 13.7 Å². The summed E-state index contributed by atoms with van der Waals surface area (Å²) in [4.78, 5) is 0.653. The van der Waals surface area contributed by atoms with E-state index >= 15 is 0 Å². The van der Waals surface area contributed by atoms with E-state index in [1.54, 1.807) is 7.11 Å². The van der Waals surface area contributed by atoms with Crippen LogP contribution < -0.4 is 4.74 Å². The van der Waals surface area contributed by atoms with Crippen LogP contribution in [0.5, 0.6) is 5.75 Å². The molecule has 4 aromatic carbocycles. The van der Waals surface area contributed by atoms with E-state index in [1.807, 2.05) is 115 Å². The van der Waals surface area contributed by atoms with Gasteiger partial charge >= 0.3 is 0 Å². The second-order valence-electron chi connectivity index (χ2n) is 10.2. The molecule has 0 amide bonds. The largest absolute Gasteiger partial charge is 0.497 e. The van der Waals surface area contributed by atoms with E-state index in [0.717, 1.165) is 22.4 Å². The van der Waals surface area contributed by atoms with Crippen LogP contribution in [0.2, 0.25) is 0 Å². The molecule has 2 aliphatic heterocycles. The topological polar surface area (TPSA) is 72.5 Å². The molecule has 2 saturated heterocycles. The molecule has 4 aromatic rings. The highest BCUT2D eigenvalue weighted by Gasteiger charge is 2.53. The van der Waals surface area contributed by atoms with Crippen LogP contribution in [0.4, 0.5) is 0 Å². The van der Waals surface area contributed by atoms with E-state index in [9.17, 15) is 4.21 Å². The van der Waals surface area contributed by atoms with Gasteiger partial charge in [0.15, 0.2) is 11.7 Å². The number of hydrogen-bond donors (Lipinski definition) is 0. The molecular formula is C34H34O7S. The van der Waals surface area contributed by atoms with Crippen molar-refractivity contribution in [3.8, 4) is 5.75 Å². The van der Waals surface area contributed by atoms with Crippen molar-refractivity contribution in [1.82, 2.24) is 0 Å². The molecule has 0 bridgehead atoms. The summed E-state index contributed by atoms with van der Waals surface area (Å²) in [6, 6.07) is 36.8. The van der Waals surface area contributed by atoms with Crippen LogP contribution in [0, 0.1) is 0 Å². The Morgan fingerprint density at radius 2 is 1.31 bits per heavy atom. The van der Waals surface area contributed by atoms with Crippen LogP contribution >= 0.6 is 0 Å². The fourth-order valence-electron chi connectivity index (χ4n) is 5.23. The lowest BCUT2D eigenvalue weighted by atomic mass is 9.98. The average Bonchev–Trinajstić information content (AvgIpc) is 3.07. The van der Waals surface area contributed by atoms with Gasteiger partial charge in [0.1, 0.15) is 30.2 Å². The zero-order chi connectivity index (χ0) is 28.7. The van der Waals surface area contributed by atoms with E-state index in [1.165, 1.54) is 0 Å². The van der Waals surface area contributed by atoms with Gasteiger partial charge in [-0.3, -0.25) is 4.21 Å². The zero-order valence-electron chi connectivity index (χ0n) is 23.3. The zero-order valence-corrected chi connectivity index (χ0v) is 24.1. The number of rotatable bonds is 10. The Balaban J connectivity index is 1.32. The van der Waals surface area contributed by atoms with Crippen molar-refractivity contribution in [3.05, 3.63) is 132 Å². The molecule has 42 heavy (non-hydrogen) atoms. The number of methoxy groups -OCH3 is 1. The van der Waals surface area contributed by atoms with Crippen molar-refractivity contribution in [3.63, 3.8) is 0 Å². The first kappa shape index (κ1) is 28.7. The first-order valence-electron chi connectivity index (χ1n) is 14.0. The molecule has 7 nitrogen and oxygen atoms in total. The SMILES string of the molecule is COc1ccc(CO[C@H]2[C@@H](OCc3ccccc3)[C@@H]3O[C@H](c4ccccc4)OC[C@H]3O[C@@H]2[S@](=O)c2ccccc2)cc1. The normalized spacial score (nSPS) is 26.2. The highest BCUT2D eigenvalue weighted by atomic mass is 32.2. The summed E-state index contributed by atoms with van der Waals surface area (Å²) in [5.74, 6) is 0.761. The summed E-state index contributed by atoms with van der Waals surface area (Å²) in [6.07, 6.45) is -2.89. The van der Waals surface area contributed by atoms with Crippen LogP contribution in [0.3, 0.4) is 0 Å². The molecule has 0 saturated carbocycles. The summed E-state index contributed by atoms with van der Waals surface area (Å²) < 4.78 is 51.8. The maximum atomic E-state index is 14.0. The monoisotopic (exact) mass is 586 g/mol. The highest BCUT2D eigenvalue weighted by molar-refractivity contribution is 7.85. The molecule has 0 unspecified atom stereocenters. The van der Waals surface area contributed by atoms with E-state index in [2.05, 4.69) is 0 Å². The Labute approximate surface area is 248 Å². The minimum absolute atomic E-state index is 0.266. The second kappa shape index (κ2) is 13.7. The first-order valence-corrected chi connectivity index (χ1v) is 15.2. The van der Waals surface area contributed by atoms with Crippen molar-refractivity contribution in [1.29, 1.82) is 0 Å². The highest BCUT2D eigenvalue weighted by Crippen LogP contribution is 2.38. The van der Waals surface area contributed by atoms with Gasteiger partial charge in [0, 0.05) is 10.5 Å². The van der Waals surface area contributed by atoms with Crippen LogP contribution in [-0.4, -0.2) is 47.8 Å². The van der Waals surface area contributed by atoms with Crippen molar-refractivity contribution < 1.29 is 32.6 Å². The van der Waals surface area contributed by atoms with Crippen molar-refractivity contribution >= 4 is 10.8 Å². The lowest BCUT2D eigenvalue weighted by molar-refractivity contribution is -0.330. The Bertz CT molecular complexity index is 1420. The Morgan fingerprint density at radius 1 is 0.714 bits per heavy atom. The van der Waals surface area contributed by atoms with Crippen LogP contribution in [0.1, 0.15) is 23.0 Å². The minimum Gasteiger partial charge on any atom is -0.497 e. The number of hydrogen-bond acceptors (Lipinski definition) is 7. The van der Waals surface area contributed by atoms with Gasteiger partial charge in [0.05, 0.1) is 37.7 Å². The third kappa shape index (κ3) is 6.65. The lowest BCUT2D eigenvalue weighted by Crippen LogP contribution is -2.63. The molecule has 0 spiro atoms. The standard InChI is InChI=1S/C34H34O7S/c1-36-27-19-17-25(18-20-27)22-38-32-31(37-21-24-11-5-2-6-12-24)30-29(23-39-33(41-30)26-13-7-3-8-14-26)40-34(32)42(35)28-15-9-4-10-16-28/h2-20,29-34H,21-23H2,1H3/t29-,30-,31+,32+,33-,34-,42-/m1/s1. The Morgan fingerprint density at radius 3 is 1.98 bits per heavy atom. The molecule has 2 aliphatic rings. The molecule has 7 atom stereocenters. The van der Waals surface area contributed by atoms with Crippen LogP contribution in [0.25, 0.3) is 0 Å². The van der Waals surface area contributed by atoms with Crippen LogP contribution in [-0.2, 0) is 47.7 Å². The van der Waals surface area contributed by atoms with Crippen molar-refractivity contribution in [2.45, 2.75) is 54.3 Å². The molecular weight excluding hydrogens is 552 g/mol. The summed E-state index contributed by atoms with van der Waals surface area (Å²) >= 11 is 0. The summed E-state index contributed by atoms with van der Waals surface area (Å²) in [5, 5.41) is 0. The van der Waals surface area contributed by atoms with E-state index in [-0.39, 0.29) is 13.2 Å². The predicted octanol–water partition coefficient (Wildman–Crippen LogP) is 5.81. The smallest absolute Gasteiger partial charge is 0.184 e. The summed E-state index contributed by atoms with van der Waals surface area (Å²) in [6.45, 7) is 0.868. The second-order valence-corrected chi connectivity index (χ2v) is 11.7. The first-order chi connectivity index (χ1) is 20.7. The van der Waals surface area contributed by atoms with Gasteiger partial charge < -0.3 is 28.4 Å². The van der Waals surface area contributed by atoms with E-state index in [4.69, 9.17) is 28.4 Å². The third-order valence-electron chi connectivity index (χ3n) is 7.43. The van der Waals surface area contributed by atoms with Gasteiger partial charge in [-0.1, -0.05) is 91.0 Å². The maximum absolute atomic E-state index is 14.0. The van der Waals surface area contributed by atoms with Gasteiger partial charge in [-0.05, 0) is 35.4 Å². The number of benzene rings is 4. The predicted molar refractivity (Wildman–Crippen MR) is 158 cm³/mol. The number of fused-ring (bicyclic) bond motifs is 1. The Hall–Kier alpha value is -3.37. The lowest BCUT2D eigenvalue weighted by Gasteiger charge is -2.49. The minimum atomic E-state index is -1.55. The summed E-state index contributed by atoms with van der Waals surface area (Å²) in [7, 11) is 0.0851. The van der Waals surface area contributed by atoms with Gasteiger partial charge in [0.25, 0.3) is 0 Å². The summed E-state index contributed by atoms with van der Waals surface area (Å²) in [5.41, 5.74) is 2.05. The molecule has 0 aliphatic carbocycles. The quantitative estimate of drug-likeness (QED) is 0.232. The van der Waals surface area contributed by atoms with Crippen molar-refractivity contribution in [2.24, 2.45) is 0 Å². The molecule has 0 N–H and O–H groups in total. The molecule has 6 rings (SSSR count). The van der Waals surface area contributed by atoms with Gasteiger partial charge in [-0.25, -0.2) is 0 Å². The molecule has 2 fully saturated rings. The molecule has 8 heteroatoms. The average molecular weight is 587 g/mol. The maximum Gasteiger partial charge on any atom is 0.184 e. The molecule has 0 aromatic heterocycles. The van der Waals surface area contributed by atoms with E-state index in [0.29, 0.717) is 11.5 Å². The number of ether oxygens (including phenoxy) is 6. The van der Waals surface area contributed by atoms with Gasteiger partial charge in [0.2, 0.25) is 0 Å². The van der Waals surface area contributed by atoms with Gasteiger partial charge in [-0.15, -0.1) is 0 Å². The molecule has 2 heterocycles. The van der Waals surface area contributed by atoms with E-state index < -0.39 is 46.9 Å². The molecule has 0 radical (unpaired) electrons. The fraction of sp³-hybridized carbons (Fsp3) is 0.294. The fourth-order valence-corrected chi connectivity index (χ4v) is 6.65. The van der Waals surface area contributed by atoms with Crippen LogP contribution in [0.15, 0.2) is 120 Å². The Kier molecular flexibility index (Phi) is 9.40. The molecule has 218 valence electrons.